The molecule has 0 saturated heterocycles. The molecule has 35 heavy (non-hydrogen) atoms. The van der Waals surface area contributed by atoms with E-state index in [-0.39, 0.29) is 5.41 Å². The van der Waals surface area contributed by atoms with Crippen LogP contribution in [0.3, 0.4) is 0 Å². The minimum Gasteiger partial charge on any atom is -0.0613 e. The fourth-order valence-corrected chi connectivity index (χ4v) is 6.65. The van der Waals surface area contributed by atoms with Gasteiger partial charge >= 0.3 is 0 Å². The van der Waals surface area contributed by atoms with Gasteiger partial charge in [0.2, 0.25) is 0 Å². The average molecular weight is 459 g/mol. The summed E-state index contributed by atoms with van der Waals surface area (Å²) in [5.41, 5.74) is 19.1. The lowest BCUT2D eigenvalue weighted by Gasteiger charge is -2.35. The molecule has 178 valence electrons. The first-order valence-corrected chi connectivity index (χ1v) is 13.1. The second-order valence-electron chi connectivity index (χ2n) is 10.9. The Labute approximate surface area is 212 Å². The minimum absolute atomic E-state index is 0.327. The van der Waals surface area contributed by atoms with Crippen molar-refractivity contribution in [3.05, 3.63) is 127 Å². The molecule has 4 aromatic carbocycles. The molecule has 0 nitrogen and oxygen atoms in total. The zero-order valence-corrected chi connectivity index (χ0v) is 22.7. The summed E-state index contributed by atoms with van der Waals surface area (Å²) in [6.07, 6.45) is 2.11. The summed E-state index contributed by atoms with van der Waals surface area (Å²) in [5.74, 6) is 0. The summed E-state index contributed by atoms with van der Waals surface area (Å²) in [4.78, 5) is 0. The van der Waals surface area contributed by atoms with E-state index in [1.807, 2.05) is 0 Å². The van der Waals surface area contributed by atoms with Crippen LogP contribution in [-0.2, 0) is 18.3 Å². The van der Waals surface area contributed by atoms with Gasteiger partial charge in [-0.2, -0.15) is 0 Å². The molecule has 1 aliphatic carbocycles. The Bertz CT molecular complexity index is 1310. The number of hydrogen-bond donors (Lipinski definition) is 0. The Morgan fingerprint density at radius 1 is 0.457 bits per heavy atom. The molecule has 0 N–H and O–H groups in total. The van der Waals surface area contributed by atoms with E-state index in [0.29, 0.717) is 0 Å². The van der Waals surface area contributed by atoms with Crippen molar-refractivity contribution < 1.29 is 0 Å². The maximum absolute atomic E-state index is 2.50. The van der Waals surface area contributed by atoms with Gasteiger partial charge in [-0.05, 0) is 110 Å². The molecular weight excluding hydrogens is 420 g/mol. The molecule has 0 atom stereocenters. The molecule has 0 aliphatic heterocycles. The minimum atomic E-state index is -0.327. The molecule has 0 radical (unpaired) electrons. The Morgan fingerprint density at radius 3 is 1.11 bits per heavy atom. The van der Waals surface area contributed by atoms with Gasteiger partial charge in [-0.15, -0.1) is 0 Å². The Hall–Kier alpha value is -3.12. The molecule has 0 aromatic heterocycles. The monoisotopic (exact) mass is 458 g/mol. The second kappa shape index (κ2) is 8.52. The lowest BCUT2D eigenvalue weighted by atomic mass is 9.66. The van der Waals surface area contributed by atoms with E-state index in [1.165, 1.54) is 77.9 Å². The SMILES string of the molecule is CCc1cc2c(cc1C)C(c1cc(C)cc(C)c1)(c1cc(C)cc(C)c1)c1cc(C)c(CC)cc1-2. The normalized spacial score (nSPS) is 13.6. The summed E-state index contributed by atoms with van der Waals surface area (Å²) in [7, 11) is 0. The van der Waals surface area contributed by atoms with E-state index in [9.17, 15) is 0 Å². The van der Waals surface area contributed by atoms with Crippen LogP contribution >= 0.6 is 0 Å². The molecule has 0 fully saturated rings. The topological polar surface area (TPSA) is 0 Å². The van der Waals surface area contributed by atoms with Gasteiger partial charge in [-0.1, -0.05) is 96.8 Å². The van der Waals surface area contributed by atoms with Crippen molar-refractivity contribution in [1.82, 2.24) is 0 Å². The third-order valence-corrected chi connectivity index (χ3v) is 8.12. The van der Waals surface area contributed by atoms with Crippen molar-refractivity contribution in [1.29, 1.82) is 0 Å². The van der Waals surface area contributed by atoms with Crippen LogP contribution in [0.2, 0.25) is 0 Å². The van der Waals surface area contributed by atoms with Gasteiger partial charge in [0.05, 0.1) is 5.41 Å². The summed E-state index contributed by atoms with van der Waals surface area (Å²) < 4.78 is 0. The first-order valence-electron chi connectivity index (χ1n) is 13.1. The highest BCUT2D eigenvalue weighted by Gasteiger charge is 2.47. The summed E-state index contributed by atoms with van der Waals surface area (Å²) >= 11 is 0. The molecule has 0 bridgehead atoms. The quantitative estimate of drug-likeness (QED) is 0.252. The van der Waals surface area contributed by atoms with E-state index in [0.717, 1.165) is 12.8 Å². The molecule has 0 spiro atoms. The van der Waals surface area contributed by atoms with Gasteiger partial charge in [-0.25, -0.2) is 0 Å². The molecule has 0 amide bonds. The highest BCUT2D eigenvalue weighted by atomic mass is 14.5. The van der Waals surface area contributed by atoms with Crippen LogP contribution in [0.15, 0.2) is 60.7 Å². The predicted molar refractivity (Wildman–Crippen MR) is 151 cm³/mol. The zero-order chi connectivity index (χ0) is 25.1. The largest absolute Gasteiger partial charge is 0.0714 e. The highest BCUT2D eigenvalue weighted by molar-refractivity contribution is 5.88. The summed E-state index contributed by atoms with van der Waals surface area (Å²) in [6, 6.07) is 24.3. The number of benzene rings is 4. The molecule has 1 aliphatic rings. The Balaban J connectivity index is 2.04. The van der Waals surface area contributed by atoms with E-state index in [4.69, 9.17) is 0 Å². The molecule has 5 rings (SSSR count). The third-order valence-electron chi connectivity index (χ3n) is 8.12. The van der Waals surface area contributed by atoms with Gasteiger partial charge in [0, 0.05) is 0 Å². The number of aryl methyl sites for hydroxylation is 8. The second-order valence-corrected chi connectivity index (χ2v) is 10.9. The fraction of sp³-hybridized carbons (Fsp3) is 0.314. The molecule has 0 unspecified atom stereocenters. The van der Waals surface area contributed by atoms with Crippen molar-refractivity contribution in [3.8, 4) is 11.1 Å². The molecule has 4 aromatic rings. The average Bonchev–Trinajstić information content (AvgIpc) is 3.05. The van der Waals surface area contributed by atoms with Crippen LogP contribution in [-0.4, -0.2) is 0 Å². The van der Waals surface area contributed by atoms with Gasteiger partial charge in [0.25, 0.3) is 0 Å². The molecular formula is C35H38. The maximum atomic E-state index is 2.50. The van der Waals surface area contributed by atoms with Crippen molar-refractivity contribution in [2.24, 2.45) is 0 Å². The van der Waals surface area contributed by atoms with Crippen LogP contribution in [0, 0.1) is 41.5 Å². The first kappa shape index (κ1) is 23.6. The van der Waals surface area contributed by atoms with Crippen LogP contribution in [0.4, 0.5) is 0 Å². The highest BCUT2D eigenvalue weighted by Crippen LogP contribution is 2.57. The first-order chi connectivity index (χ1) is 16.7. The number of rotatable bonds is 4. The van der Waals surface area contributed by atoms with Crippen molar-refractivity contribution in [2.75, 3.05) is 0 Å². The predicted octanol–water partition coefficient (Wildman–Crippen LogP) is 9.03. The summed E-state index contributed by atoms with van der Waals surface area (Å²) in [5, 5.41) is 0. The van der Waals surface area contributed by atoms with Crippen LogP contribution < -0.4 is 0 Å². The molecule has 0 heterocycles. The lowest BCUT2D eigenvalue weighted by Crippen LogP contribution is -2.29. The molecule has 0 saturated carbocycles. The van der Waals surface area contributed by atoms with E-state index >= 15 is 0 Å². The van der Waals surface area contributed by atoms with Crippen molar-refractivity contribution in [2.45, 2.75) is 73.6 Å². The van der Waals surface area contributed by atoms with Crippen LogP contribution in [0.1, 0.15) is 80.6 Å². The van der Waals surface area contributed by atoms with E-state index in [2.05, 4.69) is 116 Å². The van der Waals surface area contributed by atoms with Crippen LogP contribution in [0.5, 0.6) is 0 Å². The van der Waals surface area contributed by atoms with Crippen molar-refractivity contribution in [3.63, 3.8) is 0 Å². The lowest BCUT2D eigenvalue weighted by molar-refractivity contribution is 0.760. The third kappa shape index (κ3) is 3.57. The standard InChI is InChI=1S/C35H38/c1-9-27-19-31-32-20-28(10-2)26(8)18-34(32)35(33(31)17-25(27)7,29-13-21(3)11-22(4)14-29)30-15-23(5)12-24(6)16-30/h11-20H,9-10H2,1-8H3. The Kier molecular flexibility index (Phi) is 5.75. The van der Waals surface area contributed by atoms with Gasteiger partial charge in [-0.3, -0.25) is 0 Å². The Morgan fingerprint density at radius 2 is 0.800 bits per heavy atom. The fourth-order valence-electron chi connectivity index (χ4n) is 6.65. The zero-order valence-electron chi connectivity index (χ0n) is 22.7. The number of fused-ring (bicyclic) bond motifs is 3. The molecule has 0 heteroatoms. The smallest absolute Gasteiger partial charge is 0.0613 e. The van der Waals surface area contributed by atoms with E-state index in [1.54, 1.807) is 0 Å². The van der Waals surface area contributed by atoms with E-state index < -0.39 is 0 Å². The summed E-state index contributed by atoms with van der Waals surface area (Å²) in [6.45, 7) is 18.1. The maximum Gasteiger partial charge on any atom is 0.0714 e. The van der Waals surface area contributed by atoms with Crippen molar-refractivity contribution >= 4 is 0 Å². The number of hydrogen-bond acceptors (Lipinski definition) is 0. The van der Waals surface area contributed by atoms with Gasteiger partial charge < -0.3 is 0 Å². The van der Waals surface area contributed by atoms with Gasteiger partial charge in [0.15, 0.2) is 0 Å². The van der Waals surface area contributed by atoms with Gasteiger partial charge in [0.1, 0.15) is 0 Å². The van der Waals surface area contributed by atoms with Crippen LogP contribution in [0.25, 0.3) is 11.1 Å².